The standard InChI is InChI=1S/C24H26ClF3O4/c1-13(14(2)22(29)30)7-15-5-6-20(19(8-15)24(26,27)28)31-12-17-10-18(25)9-16-11-23(3,4)32-21(16)17/h5-6,8-10,13-14H,7,11-12H2,1-4H3,(H,29,30). The number of hydrogen-bond donors (Lipinski definition) is 1. The van der Waals surface area contributed by atoms with Crippen molar-refractivity contribution in [1.29, 1.82) is 0 Å². The number of carboxylic acids is 1. The second-order valence-corrected chi connectivity index (χ2v) is 9.45. The molecule has 4 nitrogen and oxygen atoms in total. The van der Waals surface area contributed by atoms with E-state index in [-0.39, 0.29) is 24.7 Å². The van der Waals surface area contributed by atoms with Crippen molar-refractivity contribution >= 4 is 17.6 Å². The fraction of sp³-hybridized carbons (Fsp3) is 0.458. The first-order valence-corrected chi connectivity index (χ1v) is 10.7. The van der Waals surface area contributed by atoms with Crippen LogP contribution in [0.2, 0.25) is 5.02 Å². The Balaban J connectivity index is 1.84. The van der Waals surface area contributed by atoms with Crippen LogP contribution in [0.25, 0.3) is 0 Å². The largest absolute Gasteiger partial charge is 0.488 e. The summed E-state index contributed by atoms with van der Waals surface area (Å²) in [6.45, 7) is 6.98. The van der Waals surface area contributed by atoms with Gasteiger partial charge in [0.05, 0.1) is 11.5 Å². The zero-order valence-corrected chi connectivity index (χ0v) is 19.1. The first-order chi connectivity index (χ1) is 14.8. The van der Waals surface area contributed by atoms with E-state index in [1.165, 1.54) is 12.1 Å². The van der Waals surface area contributed by atoms with Crippen LogP contribution in [0.4, 0.5) is 13.2 Å². The Hall–Kier alpha value is -2.41. The summed E-state index contributed by atoms with van der Waals surface area (Å²) < 4.78 is 52.8. The summed E-state index contributed by atoms with van der Waals surface area (Å²) in [5.41, 5.74) is 0.557. The third kappa shape index (κ3) is 5.49. The van der Waals surface area contributed by atoms with Gasteiger partial charge >= 0.3 is 12.1 Å². The van der Waals surface area contributed by atoms with E-state index >= 15 is 0 Å². The Morgan fingerprint density at radius 3 is 2.56 bits per heavy atom. The molecule has 174 valence electrons. The molecule has 2 unspecified atom stereocenters. The summed E-state index contributed by atoms with van der Waals surface area (Å²) in [6.07, 6.45) is -3.77. The Bertz CT molecular complexity index is 1020. The Morgan fingerprint density at radius 2 is 1.94 bits per heavy atom. The number of ether oxygens (including phenoxy) is 2. The van der Waals surface area contributed by atoms with E-state index in [0.717, 1.165) is 11.6 Å². The molecule has 0 spiro atoms. The lowest BCUT2D eigenvalue weighted by molar-refractivity contribution is -0.143. The fourth-order valence-corrected chi connectivity index (χ4v) is 4.11. The Morgan fingerprint density at radius 1 is 1.25 bits per heavy atom. The van der Waals surface area contributed by atoms with Crippen LogP contribution in [-0.4, -0.2) is 16.7 Å². The maximum Gasteiger partial charge on any atom is 0.419 e. The molecule has 0 aliphatic carbocycles. The number of hydrogen-bond acceptors (Lipinski definition) is 3. The maximum absolute atomic E-state index is 13.7. The lowest BCUT2D eigenvalue weighted by atomic mass is 9.89. The highest BCUT2D eigenvalue weighted by molar-refractivity contribution is 6.30. The molecule has 0 radical (unpaired) electrons. The van der Waals surface area contributed by atoms with Crippen molar-refractivity contribution < 1.29 is 32.5 Å². The molecule has 0 saturated carbocycles. The minimum atomic E-state index is -4.62. The molecule has 1 heterocycles. The van der Waals surface area contributed by atoms with Gasteiger partial charge < -0.3 is 14.6 Å². The molecule has 0 bridgehead atoms. The normalized spacial score (nSPS) is 16.8. The minimum absolute atomic E-state index is 0.131. The monoisotopic (exact) mass is 470 g/mol. The summed E-state index contributed by atoms with van der Waals surface area (Å²) in [6, 6.07) is 7.29. The quantitative estimate of drug-likeness (QED) is 0.498. The maximum atomic E-state index is 13.7. The first kappa shape index (κ1) is 24.2. The molecule has 1 aliphatic heterocycles. The molecule has 2 aromatic carbocycles. The van der Waals surface area contributed by atoms with Crippen LogP contribution in [0, 0.1) is 11.8 Å². The van der Waals surface area contributed by atoms with Crippen molar-refractivity contribution in [3.8, 4) is 11.5 Å². The zero-order valence-electron chi connectivity index (χ0n) is 18.3. The molecule has 0 saturated heterocycles. The van der Waals surface area contributed by atoms with E-state index < -0.39 is 29.2 Å². The highest BCUT2D eigenvalue weighted by Gasteiger charge is 2.36. The molecule has 0 amide bonds. The van der Waals surface area contributed by atoms with Crippen LogP contribution >= 0.6 is 11.6 Å². The van der Waals surface area contributed by atoms with E-state index in [4.69, 9.17) is 26.2 Å². The van der Waals surface area contributed by atoms with Crippen molar-refractivity contribution in [2.24, 2.45) is 11.8 Å². The van der Waals surface area contributed by atoms with Gasteiger partial charge in [-0.1, -0.05) is 31.5 Å². The second kappa shape index (κ2) is 8.85. The molecular formula is C24H26ClF3O4. The molecular weight excluding hydrogens is 445 g/mol. The van der Waals surface area contributed by atoms with Gasteiger partial charge in [0, 0.05) is 17.0 Å². The van der Waals surface area contributed by atoms with Crippen molar-refractivity contribution in [3.05, 3.63) is 57.6 Å². The molecule has 32 heavy (non-hydrogen) atoms. The van der Waals surface area contributed by atoms with Crippen LogP contribution in [0.5, 0.6) is 11.5 Å². The van der Waals surface area contributed by atoms with Gasteiger partial charge in [0.15, 0.2) is 0 Å². The number of fused-ring (bicyclic) bond motifs is 1. The predicted molar refractivity (Wildman–Crippen MR) is 115 cm³/mol. The number of benzene rings is 2. The Kier molecular flexibility index (Phi) is 6.70. The van der Waals surface area contributed by atoms with Crippen LogP contribution in [0.15, 0.2) is 30.3 Å². The molecule has 0 fully saturated rings. The predicted octanol–water partition coefficient (Wildman–Crippen LogP) is 6.55. The zero-order chi connectivity index (χ0) is 23.8. The number of carbonyl (C=O) groups is 1. The first-order valence-electron chi connectivity index (χ1n) is 10.3. The summed E-state index contributed by atoms with van der Waals surface area (Å²) >= 11 is 6.19. The number of alkyl halides is 3. The smallest absolute Gasteiger partial charge is 0.419 e. The topological polar surface area (TPSA) is 55.8 Å². The lowest BCUT2D eigenvalue weighted by Crippen LogP contribution is -2.25. The van der Waals surface area contributed by atoms with E-state index in [9.17, 15) is 18.0 Å². The second-order valence-electron chi connectivity index (χ2n) is 9.02. The third-order valence-corrected chi connectivity index (χ3v) is 5.95. The van der Waals surface area contributed by atoms with Crippen LogP contribution < -0.4 is 9.47 Å². The van der Waals surface area contributed by atoms with Gasteiger partial charge in [-0.15, -0.1) is 0 Å². The number of rotatable bonds is 7. The highest BCUT2D eigenvalue weighted by Crippen LogP contribution is 2.41. The number of halogens is 4. The molecule has 2 atom stereocenters. The summed E-state index contributed by atoms with van der Waals surface area (Å²) in [7, 11) is 0. The molecule has 1 N–H and O–H groups in total. The summed E-state index contributed by atoms with van der Waals surface area (Å²) in [5, 5.41) is 9.60. The van der Waals surface area contributed by atoms with E-state index in [1.807, 2.05) is 13.8 Å². The van der Waals surface area contributed by atoms with Gasteiger partial charge in [-0.25, -0.2) is 0 Å². The van der Waals surface area contributed by atoms with Gasteiger partial charge in [-0.2, -0.15) is 13.2 Å². The van der Waals surface area contributed by atoms with Crippen LogP contribution in [-0.2, 0) is 30.4 Å². The molecule has 0 aromatic heterocycles. The molecule has 1 aliphatic rings. The van der Waals surface area contributed by atoms with E-state index in [1.54, 1.807) is 26.0 Å². The molecule has 3 rings (SSSR count). The van der Waals surface area contributed by atoms with Gasteiger partial charge in [0.25, 0.3) is 0 Å². The third-order valence-electron chi connectivity index (χ3n) is 5.74. The summed E-state index contributed by atoms with van der Waals surface area (Å²) in [4.78, 5) is 11.2. The Labute approximate surface area is 190 Å². The SMILES string of the molecule is CC(Cc1ccc(OCc2cc(Cl)cc3c2OC(C)(C)C3)c(C(F)(F)F)c1)C(C)C(=O)O. The summed E-state index contributed by atoms with van der Waals surface area (Å²) in [5.74, 6) is -1.68. The van der Waals surface area contributed by atoms with Gasteiger partial charge in [-0.3, -0.25) is 4.79 Å². The van der Waals surface area contributed by atoms with Crippen molar-refractivity contribution in [2.45, 2.75) is 58.9 Å². The number of carboxylic acid groups (broad SMARTS) is 1. The van der Waals surface area contributed by atoms with E-state index in [0.29, 0.717) is 28.3 Å². The average Bonchev–Trinajstić information content (AvgIpc) is 2.98. The van der Waals surface area contributed by atoms with Gasteiger partial charge in [-0.05, 0) is 61.6 Å². The minimum Gasteiger partial charge on any atom is -0.488 e. The van der Waals surface area contributed by atoms with Gasteiger partial charge in [0.2, 0.25) is 0 Å². The van der Waals surface area contributed by atoms with Crippen molar-refractivity contribution in [1.82, 2.24) is 0 Å². The lowest BCUT2D eigenvalue weighted by Gasteiger charge is -2.20. The van der Waals surface area contributed by atoms with Crippen LogP contribution in [0.3, 0.4) is 0 Å². The molecule has 8 heteroatoms. The highest BCUT2D eigenvalue weighted by atomic mass is 35.5. The number of aliphatic carboxylic acids is 1. The molecule has 2 aromatic rings. The fourth-order valence-electron chi connectivity index (χ4n) is 3.85. The van der Waals surface area contributed by atoms with Gasteiger partial charge in [0.1, 0.15) is 23.7 Å². The average molecular weight is 471 g/mol. The van der Waals surface area contributed by atoms with E-state index in [2.05, 4.69) is 0 Å². The van der Waals surface area contributed by atoms with Crippen LogP contribution in [0.1, 0.15) is 49.9 Å². The van der Waals surface area contributed by atoms with Crippen molar-refractivity contribution in [2.75, 3.05) is 0 Å². The van der Waals surface area contributed by atoms with Crippen molar-refractivity contribution in [3.63, 3.8) is 0 Å².